The minimum absolute atomic E-state index is 0.0602. The Labute approximate surface area is 122 Å². The fourth-order valence-corrected chi connectivity index (χ4v) is 1.91. The second kappa shape index (κ2) is 6.81. The van der Waals surface area contributed by atoms with Crippen molar-refractivity contribution in [2.75, 3.05) is 19.5 Å². The number of rotatable bonds is 6. The Hall–Kier alpha value is -2.47. The van der Waals surface area contributed by atoms with Gasteiger partial charge in [0.15, 0.2) is 11.5 Å². The van der Waals surface area contributed by atoms with Gasteiger partial charge in [-0.2, -0.15) is 0 Å². The second-order valence-corrected chi connectivity index (χ2v) is 4.49. The Morgan fingerprint density at radius 3 is 2.76 bits per heavy atom. The number of benzene rings is 1. The highest BCUT2D eigenvalue weighted by molar-refractivity contribution is 5.42. The van der Waals surface area contributed by atoms with E-state index in [-0.39, 0.29) is 12.2 Å². The number of pyridine rings is 1. The molecule has 0 aliphatic carbocycles. The lowest BCUT2D eigenvalue weighted by Gasteiger charge is -2.12. The molecule has 0 aliphatic heterocycles. The lowest BCUT2D eigenvalue weighted by Crippen LogP contribution is -2.22. The van der Waals surface area contributed by atoms with E-state index in [0.717, 1.165) is 5.56 Å². The summed E-state index contributed by atoms with van der Waals surface area (Å²) in [6, 6.07) is 8.18. The highest BCUT2D eigenvalue weighted by Gasteiger charge is 2.06. The van der Waals surface area contributed by atoms with E-state index >= 15 is 0 Å². The molecule has 2 aromatic rings. The van der Waals surface area contributed by atoms with Crippen molar-refractivity contribution in [2.45, 2.75) is 13.2 Å². The normalized spacial score (nSPS) is 10.4. The van der Waals surface area contributed by atoms with E-state index in [4.69, 9.17) is 20.3 Å². The van der Waals surface area contributed by atoms with Crippen LogP contribution >= 0.6 is 0 Å². The highest BCUT2D eigenvalue weighted by atomic mass is 16.5. The average molecular weight is 290 g/mol. The van der Waals surface area contributed by atoms with Crippen molar-refractivity contribution < 1.29 is 14.6 Å². The summed E-state index contributed by atoms with van der Waals surface area (Å²) in [6.07, 6.45) is 1.58. The first-order valence-corrected chi connectivity index (χ1v) is 6.50. The van der Waals surface area contributed by atoms with Gasteiger partial charge in [0, 0.05) is 18.0 Å². The molecule has 6 nitrogen and oxygen atoms in total. The van der Waals surface area contributed by atoms with Crippen LogP contribution < -0.4 is 20.8 Å². The number of hydrogen-bond acceptors (Lipinski definition) is 5. The van der Waals surface area contributed by atoms with Crippen LogP contribution in [0.5, 0.6) is 11.5 Å². The van der Waals surface area contributed by atoms with Gasteiger partial charge in [0.2, 0.25) is 0 Å². The summed E-state index contributed by atoms with van der Waals surface area (Å²) < 4.78 is 12.3. The molecule has 0 bridgehead atoms. The second-order valence-electron chi connectivity index (χ2n) is 4.49. The Morgan fingerprint density at radius 1 is 1.24 bits per heavy atom. The zero-order valence-corrected chi connectivity index (χ0v) is 11.8. The molecule has 3 N–H and O–H groups in total. The summed E-state index contributed by atoms with van der Waals surface area (Å²) in [6.45, 7) is 0.627. The summed E-state index contributed by atoms with van der Waals surface area (Å²) in [5.41, 5.74) is 6.78. The lowest BCUT2D eigenvalue weighted by molar-refractivity contribution is 0.271. The maximum absolute atomic E-state index is 11.6. The van der Waals surface area contributed by atoms with Crippen LogP contribution in [0.25, 0.3) is 0 Å². The van der Waals surface area contributed by atoms with E-state index in [9.17, 15) is 4.79 Å². The zero-order valence-electron chi connectivity index (χ0n) is 11.8. The van der Waals surface area contributed by atoms with Crippen molar-refractivity contribution in [3.8, 4) is 11.5 Å². The van der Waals surface area contributed by atoms with Crippen LogP contribution in [0.1, 0.15) is 5.56 Å². The molecule has 0 fully saturated rings. The Balaban J connectivity index is 2.03. The molecule has 0 saturated heterocycles. The maximum atomic E-state index is 11.6. The van der Waals surface area contributed by atoms with Crippen LogP contribution in [0.3, 0.4) is 0 Å². The minimum atomic E-state index is -0.129. The van der Waals surface area contributed by atoms with Gasteiger partial charge in [-0.05, 0) is 23.8 Å². The molecule has 21 heavy (non-hydrogen) atoms. The zero-order chi connectivity index (χ0) is 15.2. The van der Waals surface area contributed by atoms with E-state index < -0.39 is 0 Å². The number of aliphatic hydroxyl groups excluding tert-OH is 1. The van der Waals surface area contributed by atoms with Crippen molar-refractivity contribution in [1.82, 2.24) is 4.57 Å². The molecule has 1 aromatic carbocycles. The molecule has 112 valence electrons. The van der Waals surface area contributed by atoms with Gasteiger partial charge in [-0.15, -0.1) is 0 Å². The molecule has 0 unspecified atom stereocenters. The number of nitrogens with two attached hydrogens (primary N) is 1. The summed E-state index contributed by atoms with van der Waals surface area (Å²) >= 11 is 0. The molecule has 0 amide bonds. The lowest BCUT2D eigenvalue weighted by atomic mass is 10.2. The number of nitrogen functional groups attached to an aromatic ring is 1. The molecule has 0 spiro atoms. The summed E-state index contributed by atoms with van der Waals surface area (Å²) in [5.74, 6) is 1.10. The van der Waals surface area contributed by atoms with Crippen LogP contribution in [-0.4, -0.2) is 23.4 Å². The first-order chi connectivity index (χ1) is 10.1. The highest BCUT2D eigenvalue weighted by Crippen LogP contribution is 2.28. The average Bonchev–Trinajstić information content (AvgIpc) is 2.50. The van der Waals surface area contributed by atoms with Gasteiger partial charge in [-0.3, -0.25) is 4.79 Å². The van der Waals surface area contributed by atoms with E-state index in [1.807, 2.05) is 0 Å². The summed E-state index contributed by atoms with van der Waals surface area (Å²) in [5, 5.41) is 9.08. The topological polar surface area (TPSA) is 86.7 Å². The molecular weight excluding hydrogens is 272 g/mol. The standard InChI is InChI=1S/C15H18N2O4/c1-20-14-8-11(10-18)2-4-13(14)21-7-6-17-9-12(16)3-5-15(17)19/h2-5,8-9,18H,6-7,10,16H2,1H3. The molecule has 1 heterocycles. The number of methoxy groups -OCH3 is 1. The number of anilines is 1. The fourth-order valence-electron chi connectivity index (χ4n) is 1.91. The quantitative estimate of drug-likeness (QED) is 0.829. The van der Waals surface area contributed by atoms with E-state index in [2.05, 4.69) is 0 Å². The summed E-state index contributed by atoms with van der Waals surface area (Å²) in [7, 11) is 1.53. The molecule has 6 heteroatoms. The van der Waals surface area contributed by atoms with E-state index in [1.54, 1.807) is 30.5 Å². The summed E-state index contributed by atoms with van der Waals surface area (Å²) in [4.78, 5) is 11.6. The molecular formula is C15H18N2O4. The number of hydrogen-bond donors (Lipinski definition) is 2. The molecule has 0 atom stereocenters. The molecule has 0 aliphatic rings. The largest absolute Gasteiger partial charge is 0.493 e. The molecule has 2 rings (SSSR count). The van der Waals surface area contributed by atoms with Gasteiger partial charge in [0.1, 0.15) is 6.61 Å². The van der Waals surface area contributed by atoms with Crippen LogP contribution in [0.4, 0.5) is 5.69 Å². The predicted molar refractivity (Wildman–Crippen MR) is 79.5 cm³/mol. The molecule has 1 aromatic heterocycles. The van der Waals surface area contributed by atoms with Crippen LogP contribution in [0.2, 0.25) is 0 Å². The third-order valence-corrected chi connectivity index (χ3v) is 3.01. The number of aromatic nitrogens is 1. The van der Waals surface area contributed by atoms with E-state index in [1.165, 1.54) is 17.7 Å². The smallest absolute Gasteiger partial charge is 0.250 e. The Kier molecular flexibility index (Phi) is 4.84. The van der Waals surface area contributed by atoms with Crippen LogP contribution in [0.15, 0.2) is 41.3 Å². The van der Waals surface area contributed by atoms with Gasteiger partial charge < -0.3 is 24.9 Å². The molecule has 0 radical (unpaired) electrons. The Bertz CT molecular complexity index is 667. The van der Waals surface area contributed by atoms with Crippen molar-refractivity contribution in [1.29, 1.82) is 0 Å². The number of aliphatic hydroxyl groups is 1. The number of nitrogens with zero attached hydrogens (tertiary/aromatic N) is 1. The number of ether oxygens (including phenoxy) is 2. The van der Waals surface area contributed by atoms with Crippen molar-refractivity contribution in [3.63, 3.8) is 0 Å². The molecule has 0 saturated carbocycles. The van der Waals surface area contributed by atoms with Crippen molar-refractivity contribution in [3.05, 3.63) is 52.4 Å². The Morgan fingerprint density at radius 2 is 2.05 bits per heavy atom. The van der Waals surface area contributed by atoms with E-state index in [0.29, 0.717) is 30.3 Å². The third-order valence-electron chi connectivity index (χ3n) is 3.01. The first kappa shape index (κ1) is 14.9. The SMILES string of the molecule is COc1cc(CO)ccc1OCCn1cc(N)ccc1=O. The van der Waals surface area contributed by atoms with Crippen LogP contribution in [0, 0.1) is 0 Å². The minimum Gasteiger partial charge on any atom is -0.493 e. The van der Waals surface area contributed by atoms with Gasteiger partial charge in [-0.25, -0.2) is 0 Å². The van der Waals surface area contributed by atoms with Crippen molar-refractivity contribution >= 4 is 5.69 Å². The third kappa shape index (κ3) is 3.76. The van der Waals surface area contributed by atoms with Gasteiger partial charge in [-0.1, -0.05) is 6.07 Å². The first-order valence-electron chi connectivity index (χ1n) is 6.50. The van der Waals surface area contributed by atoms with Crippen LogP contribution in [-0.2, 0) is 13.2 Å². The maximum Gasteiger partial charge on any atom is 0.250 e. The monoisotopic (exact) mass is 290 g/mol. The van der Waals surface area contributed by atoms with Gasteiger partial charge >= 0.3 is 0 Å². The van der Waals surface area contributed by atoms with Gasteiger partial charge in [0.05, 0.1) is 20.3 Å². The van der Waals surface area contributed by atoms with Crippen molar-refractivity contribution in [2.24, 2.45) is 0 Å². The van der Waals surface area contributed by atoms with Gasteiger partial charge in [0.25, 0.3) is 5.56 Å². The predicted octanol–water partition coefficient (Wildman–Crippen LogP) is 1.01. The fraction of sp³-hybridized carbons (Fsp3) is 0.267.